The molecule has 0 bridgehead atoms. The van der Waals surface area contributed by atoms with E-state index in [0.717, 1.165) is 13.2 Å². The molecule has 0 amide bonds. The quantitative estimate of drug-likeness (QED) is 0.809. The lowest BCUT2D eigenvalue weighted by Crippen LogP contribution is -2.47. The molecule has 2 aliphatic rings. The molecule has 2 fully saturated rings. The van der Waals surface area contributed by atoms with Crippen LogP contribution in [-0.4, -0.2) is 25.3 Å². The average Bonchev–Trinajstić information content (AvgIpc) is 2.40. The van der Waals surface area contributed by atoms with Gasteiger partial charge in [0.1, 0.15) is 0 Å². The van der Waals surface area contributed by atoms with Crippen LogP contribution in [0, 0.1) is 10.8 Å². The Morgan fingerprint density at radius 2 is 1.56 bits per heavy atom. The molecule has 1 atom stereocenters. The SMILES string of the molecule is CC1(C)CC(NC2CCCOCC2)CC(C)(C)C1. The number of hydrogen-bond acceptors (Lipinski definition) is 2. The molecule has 1 N–H and O–H groups in total. The molecule has 0 aromatic carbocycles. The van der Waals surface area contributed by atoms with E-state index in [4.69, 9.17) is 4.74 Å². The van der Waals surface area contributed by atoms with E-state index in [0.29, 0.717) is 22.9 Å². The normalized spacial score (nSPS) is 33.0. The zero-order valence-electron chi connectivity index (χ0n) is 12.7. The van der Waals surface area contributed by atoms with Gasteiger partial charge in [-0.05, 0) is 49.4 Å². The number of ether oxygens (including phenoxy) is 1. The molecule has 2 nitrogen and oxygen atoms in total. The molecular formula is C16H31NO. The summed E-state index contributed by atoms with van der Waals surface area (Å²) in [5.74, 6) is 0. The monoisotopic (exact) mass is 253 g/mol. The van der Waals surface area contributed by atoms with Crippen molar-refractivity contribution in [3.63, 3.8) is 0 Å². The molecule has 1 saturated carbocycles. The minimum atomic E-state index is 0.487. The first kappa shape index (κ1) is 14.3. The highest BCUT2D eigenvalue weighted by atomic mass is 16.5. The fourth-order valence-corrected chi connectivity index (χ4v) is 4.37. The van der Waals surface area contributed by atoms with E-state index in [2.05, 4.69) is 33.0 Å². The van der Waals surface area contributed by atoms with Crippen LogP contribution in [0.1, 0.15) is 66.2 Å². The van der Waals surface area contributed by atoms with Gasteiger partial charge in [-0.25, -0.2) is 0 Å². The van der Waals surface area contributed by atoms with Crippen molar-refractivity contribution in [2.24, 2.45) is 10.8 Å². The molecule has 0 radical (unpaired) electrons. The summed E-state index contributed by atoms with van der Waals surface area (Å²) >= 11 is 0. The first-order chi connectivity index (χ1) is 8.36. The van der Waals surface area contributed by atoms with Crippen molar-refractivity contribution in [1.29, 1.82) is 0 Å². The van der Waals surface area contributed by atoms with Crippen LogP contribution in [0.3, 0.4) is 0 Å². The van der Waals surface area contributed by atoms with Crippen LogP contribution in [0.25, 0.3) is 0 Å². The largest absolute Gasteiger partial charge is 0.381 e. The van der Waals surface area contributed by atoms with Gasteiger partial charge in [0.05, 0.1) is 0 Å². The van der Waals surface area contributed by atoms with E-state index in [9.17, 15) is 0 Å². The van der Waals surface area contributed by atoms with Crippen LogP contribution in [0.2, 0.25) is 0 Å². The fourth-order valence-electron chi connectivity index (χ4n) is 4.37. The smallest absolute Gasteiger partial charge is 0.0480 e. The zero-order chi connectivity index (χ0) is 13.2. The van der Waals surface area contributed by atoms with Crippen molar-refractivity contribution < 1.29 is 4.74 Å². The Bertz CT molecular complexity index is 248. The Morgan fingerprint density at radius 1 is 0.889 bits per heavy atom. The van der Waals surface area contributed by atoms with Crippen LogP contribution in [0.15, 0.2) is 0 Å². The molecule has 1 unspecified atom stereocenters. The molecule has 0 aromatic rings. The van der Waals surface area contributed by atoms with Gasteiger partial charge in [-0.3, -0.25) is 0 Å². The minimum absolute atomic E-state index is 0.487. The van der Waals surface area contributed by atoms with Gasteiger partial charge in [-0.2, -0.15) is 0 Å². The van der Waals surface area contributed by atoms with Crippen LogP contribution >= 0.6 is 0 Å². The average molecular weight is 253 g/mol. The summed E-state index contributed by atoms with van der Waals surface area (Å²) in [5.41, 5.74) is 0.974. The topological polar surface area (TPSA) is 21.3 Å². The van der Waals surface area contributed by atoms with Crippen molar-refractivity contribution >= 4 is 0 Å². The minimum Gasteiger partial charge on any atom is -0.381 e. The van der Waals surface area contributed by atoms with Gasteiger partial charge < -0.3 is 10.1 Å². The van der Waals surface area contributed by atoms with Crippen molar-refractivity contribution in [3.8, 4) is 0 Å². The molecule has 1 saturated heterocycles. The zero-order valence-corrected chi connectivity index (χ0v) is 12.7. The van der Waals surface area contributed by atoms with E-state index >= 15 is 0 Å². The second kappa shape index (κ2) is 5.50. The third kappa shape index (κ3) is 4.24. The Labute approximate surface area is 113 Å². The van der Waals surface area contributed by atoms with E-state index in [1.165, 1.54) is 38.5 Å². The molecule has 106 valence electrons. The number of hydrogen-bond donors (Lipinski definition) is 1. The summed E-state index contributed by atoms with van der Waals surface area (Å²) in [6.45, 7) is 11.6. The van der Waals surface area contributed by atoms with Crippen molar-refractivity contribution in [3.05, 3.63) is 0 Å². The third-order valence-electron chi connectivity index (χ3n) is 4.48. The van der Waals surface area contributed by atoms with Gasteiger partial charge in [0.2, 0.25) is 0 Å². The highest BCUT2D eigenvalue weighted by molar-refractivity contribution is 4.93. The maximum Gasteiger partial charge on any atom is 0.0480 e. The summed E-state index contributed by atoms with van der Waals surface area (Å²) in [5, 5.41) is 3.93. The number of rotatable bonds is 2. The highest BCUT2D eigenvalue weighted by Crippen LogP contribution is 2.45. The molecular weight excluding hydrogens is 222 g/mol. The van der Waals surface area contributed by atoms with Crippen molar-refractivity contribution in [2.45, 2.75) is 78.3 Å². The maximum atomic E-state index is 5.56. The second-order valence-corrected chi connectivity index (χ2v) is 8.02. The Hall–Kier alpha value is -0.0800. The lowest BCUT2D eigenvalue weighted by Gasteiger charge is -2.46. The van der Waals surface area contributed by atoms with Crippen molar-refractivity contribution in [1.82, 2.24) is 5.32 Å². The van der Waals surface area contributed by atoms with Crippen molar-refractivity contribution in [2.75, 3.05) is 13.2 Å². The highest BCUT2D eigenvalue weighted by Gasteiger charge is 2.38. The predicted octanol–water partition coefficient (Wildman–Crippen LogP) is 3.75. The standard InChI is InChI=1S/C16H31NO/c1-15(2)10-14(11-16(3,4)12-15)17-13-6-5-8-18-9-7-13/h13-14,17H,5-12H2,1-4H3. The van der Waals surface area contributed by atoms with Gasteiger partial charge in [0.15, 0.2) is 0 Å². The summed E-state index contributed by atoms with van der Waals surface area (Å²) in [6.07, 6.45) is 7.71. The summed E-state index contributed by atoms with van der Waals surface area (Å²) < 4.78 is 5.56. The Kier molecular flexibility index (Phi) is 4.38. The second-order valence-electron chi connectivity index (χ2n) is 8.02. The lowest BCUT2D eigenvalue weighted by molar-refractivity contribution is 0.0783. The molecule has 1 aliphatic heterocycles. The van der Waals surface area contributed by atoms with Gasteiger partial charge >= 0.3 is 0 Å². The summed E-state index contributed by atoms with van der Waals surface area (Å²) in [6, 6.07) is 1.38. The van der Waals surface area contributed by atoms with Crippen LogP contribution in [-0.2, 0) is 4.74 Å². The Morgan fingerprint density at radius 3 is 2.22 bits per heavy atom. The number of nitrogens with one attached hydrogen (secondary N) is 1. The van der Waals surface area contributed by atoms with E-state index < -0.39 is 0 Å². The van der Waals surface area contributed by atoms with Gasteiger partial charge in [0.25, 0.3) is 0 Å². The molecule has 1 aliphatic carbocycles. The Balaban J connectivity index is 1.91. The van der Waals surface area contributed by atoms with Gasteiger partial charge in [-0.1, -0.05) is 27.7 Å². The molecule has 2 rings (SSSR count). The van der Waals surface area contributed by atoms with E-state index in [1.807, 2.05) is 0 Å². The lowest BCUT2D eigenvalue weighted by atomic mass is 9.63. The molecule has 2 heteroatoms. The van der Waals surface area contributed by atoms with E-state index in [1.54, 1.807) is 0 Å². The first-order valence-corrected chi connectivity index (χ1v) is 7.70. The van der Waals surface area contributed by atoms with Crippen LogP contribution < -0.4 is 5.32 Å². The summed E-state index contributed by atoms with van der Waals surface area (Å²) in [4.78, 5) is 0. The third-order valence-corrected chi connectivity index (χ3v) is 4.48. The van der Waals surface area contributed by atoms with E-state index in [-0.39, 0.29) is 0 Å². The van der Waals surface area contributed by atoms with Crippen LogP contribution in [0.5, 0.6) is 0 Å². The molecule has 1 heterocycles. The fraction of sp³-hybridized carbons (Fsp3) is 1.00. The molecule has 18 heavy (non-hydrogen) atoms. The predicted molar refractivity (Wildman–Crippen MR) is 76.8 cm³/mol. The molecule has 0 spiro atoms. The maximum absolute atomic E-state index is 5.56. The van der Waals surface area contributed by atoms with Gasteiger partial charge in [0, 0.05) is 25.3 Å². The first-order valence-electron chi connectivity index (χ1n) is 7.70. The summed E-state index contributed by atoms with van der Waals surface area (Å²) in [7, 11) is 0. The van der Waals surface area contributed by atoms with Gasteiger partial charge in [-0.15, -0.1) is 0 Å². The van der Waals surface area contributed by atoms with Crippen LogP contribution in [0.4, 0.5) is 0 Å². The molecule has 0 aromatic heterocycles.